The molecule has 0 saturated heterocycles. The predicted octanol–water partition coefficient (Wildman–Crippen LogP) is 2.91. The minimum atomic E-state index is -1.67. The molecule has 0 fully saturated rings. The van der Waals surface area contributed by atoms with E-state index in [1.807, 2.05) is 0 Å². The number of hydrogen-bond acceptors (Lipinski definition) is 0. The quantitative estimate of drug-likeness (QED) is 0.524. The fraction of sp³-hybridized carbons (Fsp3) is 0.667. The molecule has 0 aliphatic rings. The third-order valence-corrected chi connectivity index (χ3v) is 0.886. The van der Waals surface area contributed by atoms with Gasteiger partial charge in [-0.3, -0.25) is 4.39 Å². The highest BCUT2D eigenvalue weighted by atomic mass is 19.3. The molecule has 9 heavy (non-hydrogen) atoms. The second kappa shape index (κ2) is 5.66. The van der Waals surface area contributed by atoms with Gasteiger partial charge in [-0.2, -0.15) is 8.78 Å². The lowest BCUT2D eigenvalue weighted by atomic mass is 10.2. The summed E-state index contributed by atoms with van der Waals surface area (Å²) in [5.41, 5.74) is 0. The molecular formula is C6H9F3. The summed E-state index contributed by atoms with van der Waals surface area (Å²) < 4.78 is 33.8. The summed E-state index contributed by atoms with van der Waals surface area (Å²) in [5, 5.41) is 0. The second-order valence-electron chi connectivity index (χ2n) is 1.68. The molecule has 0 amide bonds. The Morgan fingerprint density at radius 3 is 2.33 bits per heavy atom. The highest BCUT2D eigenvalue weighted by Crippen LogP contribution is 2.03. The zero-order valence-electron chi connectivity index (χ0n) is 5.04. The van der Waals surface area contributed by atoms with Crippen molar-refractivity contribution < 1.29 is 13.2 Å². The normalized spacial score (nSPS) is 9.22. The maximum Gasteiger partial charge on any atom is 0.266 e. The largest absolute Gasteiger partial charge is 0.266 e. The van der Waals surface area contributed by atoms with Crippen molar-refractivity contribution in [2.24, 2.45) is 0 Å². The van der Waals surface area contributed by atoms with E-state index in [1.54, 1.807) is 0 Å². The van der Waals surface area contributed by atoms with Crippen LogP contribution in [0.2, 0.25) is 0 Å². The van der Waals surface area contributed by atoms with Crippen molar-refractivity contribution in [3.05, 3.63) is 12.2 Å². The number of unbranched alkanes of at least 4 members (excludes halogenated alkanes) is 2. The van der Waals surface area contributed by atoms with Crippen LogP contribution in [0.4, 0.5) is 13.2 Å². The van der Waals surface area contributed by atoms with Crippen molar-refractivity contribution in [3.63, 3.8) is 0 Å². The summed E-state index contributed by atoms with van der Waals surface area (Å²) in [7, 11) is 0. The summed E-state index contributed by atoms with van der Waals surface area (Å²) >= 11 is 0. The first-order valence-corrected chi connectivity index (χ1v) is 2.84. The van der Waals surface area contributed by atoms with E-state index >= 15 is 0 Å². The SMILES string of the molecule is FCCCCC=C(F)F. The van der Waals surface area contributed by atoms with E-state index in [4.69, 9.17) is 0 Å². The third-order valence-electron chi connectivity index (χ3n) is 0.886. The number of hydrogen-bond donors (Lipinski definition) is 0. The summed E-state index contributed by atoms with van der Waals surface area (Å²) in [6.45, 7) is -0.415. The molecule has 0 radical (unpaired) electrons. The van der Waals surface area contributed by atoms with Crippen molar-refractivity contribution in [2.45, 2.75) is 19.3 Å². The topological polar surface area (TPSA) is 0 Å². The van der Waals surface area contributed by atoms with Crippen molar-refractivity contribution in [2.75, 3.05) is 6.67 Å². The van der Waals surface area contributed by atoms with Gasteiger partial charge in [0.1, 0.15) is 0 Å². The summed E-state index contributed by atoms with van der Waals surface area (Å²) in [6, 6.07) is 0. The van der Waals surface area contributed by atoms with Crippen molar-refractivity contribution >= 4 is 0 Å². The Hall–Kier alpha value is -0.470. The minimum absolute atomic E-state index is 0.284. The molecule has 0 bridgehead atoms. The molecular weight excluding hydrogens is 129 g/mol. The lowest BCUT2D eigenvalue weighted by Crippen LogP contribution is -1.75. The van der Waals surface area contributed by atoms with Crippen LogP contribution in [0.15, 0.2) is 12.2 Å². The van der Waals surface area contributed by atoms with Crippen LogP contribution in [0, 0.1) is 0 Å². The van der Waals surface area contributed by atoms with Crippen LogP contribution in [0.25, 0.3) is 0 Å². The zero-order chi connectivity index (χ0) is 7.11. The van der Waals surface area contributed by atoms with Crippen molar-refractivity contribution in [1.82, 2.24) is 0 Å². The Balaban J connectivity index is 3.00. The van der Waals surface area contributed by atoms with Crippen LogP contribution in [0.5, 0.6) is 0 Å². The number of alkyl halides is 1. The van der Waals surface area contributed by atoms with Crippen LogP contribution >= 0.6 is 0 Å². The zero-order valence-corrected chi connectivity index (χ0v) is 5.04. The average molecular weight is 138 g/mol. The average Bonchev–Trinajstić information content (AvgIpc) is 1.80. The Morgan fingerprint density at radius 2 is 1.89 bits per heavy atom. The van der Waals surface area contributed by atoms with Gasteiger partial charge in [-0.15, -0.1) is 0 Å². The van der Waals surface area contributed by atoms with Crippen molar-refractivity contribution in [3.8, 4) is 0 Å². The van der Waals surface area contributed by atoms with Gasteiger partial charge in [-0.25, -0.2) is 0 Å². The standard InChI is InChI=1S/C6H9F3/c7-5-3-1-2-4-6(8)9/h4H,1-3,5H2. The summed E-state index contributed by atoms with van der Waals surface area (Å²) in [6.07, 6.45) is 0.313. The van der Waals surface area contributed by atoms with Gasteiger partial charge >= 0.3 is 0 Å². The maximum absolute atomic E-state index is 11.3. The molecule has 0 spiro atoms. The Morgan fingerprint density at radius 1 is 1.22 bits per heavy atom. The molecule has 0 N–H and O–H groups in total. The van der Waals surface area contributed by atoms with E-state index in [1.165, 1.54) is 0 Å². The lowest BCUT2D eigenvalue weighted by molar-refractivity contribution is 0.414. The number of halogens is 3. The molecule has 0 aromatic heterocycles. The smallest absolute Gasteiger partial charge is 0.251 e. The number of allylic oxidation sites excluding steroid dienone is 1. The summed E-state index contributed by atoms with van der Waals surface area (Å²) in [5.74, 6) is 0. The maximum atomic E-state index is 11.3. The van der Waals surface area contributed by atoms with Crippen LogP contribution in [0.1, 0.15) is 19.3 Å². The van der Waals surface area contributed by atoms with Crippen LogP contribution in [-0.4, -0.2) is 6.67 Å². The molecule has 0 nitrogen and oxygen atoms in total. The molecule has 0 unspecified atom stereocenters. The summed E-state index contributed by atoms with van der Waals surface area (Å²) in [4.78, 5) is 0. The predicted molar refractivity (Wildman–Crippen MR) is 30.1 cm³/mol. The van der Waals surface area contributed by atoms with Crippen molar-refractivity contribution in [1.29, 1.82) is 0 Å². The fourth-order valence-electron chi connectivity index (χ4n) is 0.450. The first-order chi connectivity index (χ1) is 4.27. The first kappa shape index (κ1) is 8.53. The highest BCUT2D eigenvalue weighted by molar-refractivity contribution is 4.79. The van der Waals surface area contributed by atoms with Crippen LogP contribution in [-0.2, 0) is 0 Å². The molecule has 0 aromatic rings. The van der Waals surface area contributed by atoms with Gasteiger partial charge in [0.2, 0.25) is 0 Å². The van der Waals surface area contributed by atoms with Gasteiger partial charge in [-0.05, 0) is 25.3 Å². The monoisotopic (exact) mass is 138 g/mol. The van der Waals surface area contributed by atoms with Gasteiger partial charge in [0.05, 0.1) is 6.67 Å². The molecule has 0 heterocycles. The van der Waals surface area contributed by atoms with Crippen LogP contribution in [0.3, 0.4) is 0 Å². The van der Waals surface area contributed by atoms with Gasteiger partial charge in [0.15, 0.2) is 0 Å². The molecule has 3 heteroatoms. The Labute approximate surface area is 52.4 Å². The van der Waals surface area contributed by atoms with E-state index in [0.29, 0.717) is 12.8 Å². The van der Waals surface area contributed by atoms with E-state index in [2.05, 4.69) is 0 Å². The minimum Gasteiger partial charge on any atom is -0.251 e. The third kappa shape index (κ3) is 7.53. The van der Waals surface area contributed by atoms with Gasteiger partial charge in [0.25, 0.3) is 6.08 Å². The van der Waals surface area contributed by atoms with E-state index in [0.717, 1.165) is 6.08 Å². The molecule has 54 valence electrons. The van der Waals surface area contributed by atoms with Crippen LogP contribution < -0.4 is 0 Å². The first-order valence-electron chi connectivity index (χ1n) is 2.84. The molecule has 0 aliphatic carbocycles. The highest BCUT2D eigenvalue weighted by Gasteiger charge is 1.87. The fourth-order valence-corrected chi connectivity index (χ4v) is 0.450. The van der Waals surface area contributed by atoms with E-state index < -0.39 is 12.8 Å². The van der Waals surface area contributed by atoms with Gasteiger partial charge in [0, 0.05) is 0 Å². The molecule has 0 atom stereocenters. The lowest BCUT2D eigenvalue weighted by Gasteiger charge is -1.87. The van der Waals surface area contributed by atoms with Gasteiger partial charge in [-0.1, -0.05) is 0 Å². The molecule has 0 saturated carbocycles. The molecule has 0 rings (SSSR count). The Kier molecular flexibility index (Phi) is 5.37. The number of rotatable bonds is 4. The molecule has 0 aromatic carbocycles. The van der Waals surface area contributed by atoms with E-state index in [9.17, 15) is 13.2 Å². The Bertz CT molecular complexity index is 84.3. The second-order valence-corrected chi connectivity index (χ2v) is 1.68. The molecule has 0 aliphatic heterocycles. The van der Waals surface area contributed by atoms with E-state index in [-0.39, 0.29) is 6.42 Å². The van der Waals surface area contributed by atoms with Gasteiger partial charge < -0.3 is 0 Å².